The minimum atomic E-state index is -4.45. The second-order valence-electron chi connectivity index (χ2n) is 6.26. The summed E-state index contributed by atoms with van der Waals surface area (Å²) in [6.45, 7) is 0.550. The Kier molecular flexibility index (Phi) is 5.38. The van der Waals surface area contributed by atoms with E-state index in [0.717, 1.165) is 23.9 Å². The molecule has 0 saturated carbocycles. The lowest BCUT2D eigenvalue weighted by Crippen LogP contribution is -2.08. The maximum atomic E-state index is 12.8. The second-order valence-corrected chi connectivity index (χ2v) is 6.26. The molecule has 0 saturated heterocycles. The van der Waals surface area contributed by atoms with Crippen LogP contribution in [0.4, 0.5) is 19.0 Å². The molecule has 152 valence electrons. The van der Waals surface area contributed by atoms with Crippen LogP contribution in [0.25, 0.3) is 11.2 Å². The zero-order valence-corrected chi connectivity index (χ0v) is 15.5. The SMILES string of the molecule is FC(F)(F)c1ccnc(Oc2cccc(CCNc3ncnc4nccnc34)c2)c1. The number of anilines is 1. The molecule has 0 aliphatic heterocycles. The fourth-order valence-corrected chi connectivity index (χ4v) is 2.78. The molecule has 30 heavy (non-hydrogen) atoms. The largest absolute Gasteiger partial charge is 0.439 e. The zero-order chi connectivity index (χ0) is 21.0. The summed E-state index contributed by atoms with van der Waals surface area (Å²) in [6.07, 6.45) is 1.78. The molecular weight excluding hydrogens is 397 g/mol. The van der Waals surface area contributed by atoms with Crippen LogP contribution in [-0.4, -0.2) is 31.5 Å². The van der Waals surface area contributed by atoms with Gasteiger partial charge < -0.3 is 10.1 Å². The van der Waals surface area contributed by atoms with Gasteiger partial charge in [-0.2, -0.15) is 13.2 Å². The third-order valence-corrected chi connectivity index (χ3v) is 4.16. The van der Waals surface area contributed by atoms with E-state index in [4.69, 9.17) is 4.74 Å². The minimum absolute atomic E-state index is 0.119. The third kappa shape index (κ3) is 4.59. The normalized spacial score (nSPS) is 11.4. The molecule has 0 bridgehead atoms. The van der Waals surface area contributed by atoms with Crippen LogP contribution < -0.4 is 10.1 Å². The van der Waals surface area contributed by atoms with Gasteiger partial charge in [-0.05, 0) is 30.2 Å². The number of aromatic nitrogens is 5. The quantitative estimate of drug-likeness (QED) is 0.506. The highest BCUT2D eigenvalue weighted by atomic mass is 19.4. The van der Waals surface area contributed by atoms with Crippen molar-refractivity contribution in [3.05, 3.63) is 72.4 Å². The Morgan fingerprint density at radius 1 is 0.900 bits per heavy atom. The number of nitrogens with zero attached hydrogens (tertiary/aromatic N) is 5. The van der Waals surface area contributed by atoms with Gasteiger partial charge in [-0.1, -0.05) is 12.1 Å². The number of hydrogen-bond donors (Lipinski definition) is 1. The average Bonchev–Trinajstić information content (AvgIpc) is 2.74. The number of alkyl halides is 3. The Balaban J connectivity index is 1.41. The van der Waals surface area contributed by atoms with Crippen molar-refractivity contribution in [2.24, 2.45) is 0 Å². The van der Waals surface area contributed by atoms with Crippen molar-refractivity contribution in [3.8, 4) is 11.6 Å². The molecule has 4 aromatic rings. The molecule has 7 nitrogen and oxygen atoms in total. The molecule has 0 atom stereocenters. The molecule has 0 spiro atoms. The summed E-state index contributed by atoms with van der Waals surface area (Å²) in [5.74, 6) is 0.859. The fraction of sp³-hybridized carbons (Fsp3) is 0.150. The number of benzene rings is 1. The van der Waals surface area contributed by atoms with E-state index >= 15 is 0 Å². The van der Waals surface area contributed by atoms with E-state index in [9.17, 15) is 13.2 Å². The lowest BCUT2D eigenvalue weighted by Gasteiger charge is -2.10. The van der Waals surface area contributed by atoms with E-state index in [1.807, 2.05) is 6.07 Å². The summed E-state index contributed by atoms with van der Waals surface area (Å²) in [7, 11) is 0. The minimum Gasteiger partial charge on any atom is -0.439 e. The van der Waals surface area contributed by atoms with E-state index in [1.165, 1.54) is 6.33 Å². The molecule has 0 aliphatic carbocycles. The summed E-state index contributed by atoms with van der Waals surface area (Å²) in [6, 6.07) is 8.84. The number of halogens is 3. The topological polar surface area (TPSA) is 85.7 Å². The summed E-state index contributed by atoms with van der Waals surface area (Å²) < 4.78 is 44.0. The molecule has 10 heteroatoms. The Bertz CT molecular complexity index is 1160. The molecular formula is C20H15F3N6O. The summed E-state index contributed by atoms with van der Waals surface area (Å²) in [4.78, 5) is 20.5. The van der Waals surface area contributed by atoms with Crippen LogP contribution in [0.2, 0.25) is 0 Å². The third-order valence-electron chi connectivity index (χ3n) is 4.16. The molecule has 3 aromatic heterocycles. The maximum absolute atomic E-state index is 12.8. The van der Waals surface area contributed by atoms with E-state index in [0.29, 0.717) is 35.7 Å². The van der Waals surface area contributed by atoms with Crippen LogP contribution in [0.5, 0.6) is 11.6 Å². The Hall–Kier alpha value is -3.82. The van der Waals surface area contributed by atoms with Crippen molar-refractivity contribution < 1.29 is 17.9 Å². The fourth-order valence-electron chi connectivity index (χ4n) is 2.78. The van der Waals surface area contributed by atoms with Crippen molar-refractivity contribution in [3.63, 3.8) is 0 Å². The van der Waals surface area contributed by atoms with Crippen LogP contribution in [0, 0.1) is 0 Å². The van der Waals surface area contributed by atoms with Gasteiger partial charge in [-0.25, -0.2) is 24.9 Å². The lowest BCUT2D eigenvalue weighted by atomic mass is 10.1. The molecule has 0 unspecified atom stereocenters. The Morgan fingerprint density at radius 3 is 2.63 bits per heavy atom. The van der Waals surface area contributed by atoms with E-state index in [-0.39, 0.29) is 5.88 Å². The summed E-state index contributed by atoms with van der Waals surface area (Å²) >= 11 is 0. The number of fused-ring (bicyclic) bond motifs is 1. The standard InChI is InChI=1S/C20H15F3N6O/c21-20(22,23)14-5-7-24-16(11-14)30-15-3-1-2-13(10-15)4-6-26-18-17-19(29-12-28-18)27-9-8-25-17/h1-3,5,7-12H,4,6H2,(H,26,27,28,29). The predicted octanol–water partition coefficient (Wildman–Crippen LogP) is 4.28. The van der Waals surface area contributed by atoms with E-state index < -0.39 is 11.7 Å². The van der Waals surface area contributed by atoms with Crippen molar-refractivity contribution in [1.29, 1.82) is 0 Å². The number of nitrogens with one attached hydrogen (secondary N) is 1. The summed E-state index contributed by atoms with van der Waals surface area (Å²) in [5.41, 5.74) is 1.19. The Morgan fingerprint density at radius 2 is 1.77 bits per heavy atom. The smallest absolute Gasteiger partial charge is 0.416 e. The summed E-state index contributed by atoms with van der Waals surface area (Å²) in [5, 5.41) is 3.20. The van der Waals surface area contributed by atoms with Crippen molar-refractivity contribution in [1.82, 2.24) is 24.9 Å². The molecule has 1 aromatic carbocycles. The first-order valence-corrected chi connectivity index (χ1v) is 8.95. The van der Waals surface area contributed by atoms with Gasteiger partial charge in [0.2, 0.25) is 5.88 Å². The average molecular weight is 412 g/mol. The molecule has 0 amide bonds. The van der Waals surface area contributed by atoms with Crippen LogP contribution in [0.3, 0.4) is 0 Å². The monoisotopic (exact) mass is 412 g/mol. The van der Waals surface area contributed by atoms with Crippen molar-refractivity contribution >= 4 is 17.0 Å². The van der Waals surface area contributed by atoms with Gasteiger partial charge in [-0.15, -0.1) is 0 Å². The molecule has 4 rings (SSSR count). The van der Waals surface area contributed by atoms with Crippen LogP contribution >= 0.6 is 0 Å². The molecule has 0 aliphatic rings. The first-order valence-electron chi connectivity index (χ1n) is 8.95. The lowest BCUT2D eigenvalue weighted by molar-refractivity contribution is -0.137. The van der Waals surface area contributed by atoms with Gasteiger partial charge >= 0.3 is 6.18 Å². The van der Waals surface area contributed by atoms with E-state index in [1.54, 1.807) is 30.6 Å². The number of hydrogen-bond acceptors (Lipinski definition) is 7. The Labute approximate surface area is 169 Å². The van der Waals surface area contributed by atoms with Crippen LogP contribution in [0.15, 0.2) is 61.3 Å². The number of rotatable bonds is 6. The molecule has 0 radical (unpaired) electrons. The van der Waals surface area contributed by atoms with Crippen molar-refractivity contribution in [2.45, 2.75) is 12.6 Å². The second kappa shape index (κ2) is 8.27. The van der Waals surface area contributed by atoms with Crippen LogP contribution in [-0.2, 0) is 12.6 Å². The first kappa shape index (κ1) is 19.5. The van der Waals surface area contributed by atoms with E-state index in [2.05, 4.69) is 30.2 Å². The molecule has 0 fully saturated rings. The van der Waals surface area contributed by atoms with Gasteiger partial charge in [0, 0.05) is 31.2 Å². The number of pyridine rings is 1. The van der Waals surface area contributed by atoms with Gasteiger partial charge in [0.15, 0.2) is 11.5 Å². The maximum Gasteiger partial charge on any atom is 0.416 e. The van der Waals surface area contributed by atoms with Gasteiger partial charge in [0.25, 0.3) is 0 Å². The molecule has 1 N–H and O–H groups in total. The highest BCUT2D eigenvalue weighted by Crippen LogP contribution is 2.31. The van der Waals surface area contributed by atoms with Gasteiger partial charge in [-0.3, -0.25) is 0 Å². The zero-order valence-electron chi connectivity index (χ0n) is 15.5. The number of ether oxygens (including phenoxy) is 1. The van der Waals surface area contributed by atoms with Crippen molar-refractivity contribution in [2.75, 3.05) is 11.9 Å². The predicted molar refractivity (Wildman–Crippen MR) is 103 cm³/mol. The van der Waals surface area contributed by atoms with Gasteiger partial charge in [0.05, 0.1) is 5.56 Å². The van der Waals surface area contributed by atoms with Gasteiger partial charge in [0.1, 0.15) is 17.6 Å². The highest BCUT2D eigenvalue weighted by molar-refractivity contribution is 5.81. The van der Waals surface area contributed by atoms with Crippen LogP contribution in [0.1, 0.15) is 11.1 Å². The molecule has 3 heterocycles. The first-order chi connectivity index (χ1) is 14.5. The highest BCUT2D eigenvalue weighted by Gasteiger charge is 2.31.